The molecule has 1 atom stereocenters. The monoisotopic (exact) mass is 278 g/mol. The lowest BCUT2D eigenvalue weighted by Crippen LogP contribution is -2.21. The first-order valence-electron chi connectivity index (χ1n) is 7.07. The summed E-state index contributed by atoms with van der Waals surface area (Å²) in [5, 5.41) is 3.54. The Balaban J connectivity index is 1.87. The van der Waals surface area contributed by atoms with Crippen LogP contribution in [0.15, 0.2) is 66.9 Å². The predicted octanol–water partition coefficient (Wildman–Crippen LogP) is 3.81. The first-order chi connectivity index (χ1) is 10.3. The standard InChI is InChI=1S/C18H15FN2/c19-15-7-3-6-13(11-15)18-17-9-4-10-21(17)16-8-2-1-5-14(16)12-20-18/h1-11,18,20H,12H2/t18-/m1/s1. The molecule has 3 aromatic rings. The summed E-state index contributed by atoms with van der Waals surface area (Å²) >= 11 is 0. The van der Waals surface area contributed by atoms with Gasteiger partial charge in [0.1, 0.15) is 5.82 Å². The molecule has 0 aliphatic carbocycles. The third-order valence-electron chi connectivity index (χ3n) is 4.01. The van der Waals surface area contributed by atoms with E-state index in [0.29, 0.717) is 0 Å². The van der Waals surface area contributed by atoms with Gasteiger partial charge in [0.2, 0.25) is 0 Å². The lowest BCUT2D eigenvalue weighted by Gasteiger charge is -2.18. The van der Waals surface area contributed by atoms with E-state index in [-0.39, 0.29) is 11.9 Å². The van der Waals surface area contributed by atoms with Gasteiger partial charge >= 0.3 is 0 Å². The molecule has 4 rings (SSSR count). The van der Waals surface area contributed by atoms with Gasteiger partial charge in [0.05, 0.1) is 6.04 Å². The number of benzene rings is 2. The van der Waals surface area contributed by atoms with Crippen LogP contribution >= 0.6 is 0 Å². The molecule has 104 valence electrons. The van der Waals surface area contributed by atoms with Gasteiger partial charge < -0.3 is 9.88 Å². The largest absolute Gasteiger partial charge is 0.319 e. The van der Waals surface area contributed by atoms with E-state index in [1.165, 1.54) is 17.3 Å². The van der Waals surface area contributed by atoms with Crippen molar-refractivity contribution in [3.63, 3.8) is 0 Å². The lowest BCUT2D eigenvalue weighted by atomic mass is 10.0. The minimum absolute atomic E-state index is 0.0110. The molecule has 1 aromatic heterocycles. The molecule has 21 heavy (non-hydrogen) atoms. The molecular formula is C18H15FN2. The molecule has 1 N–H and O–H groups in total. The molecule has 0 saturated carbocycles. The zero-order valence-corrected chi connectivity index (χ0v) is 11.5. The highest BCUT2D eigenvalue weighted by molar-refractivity contribution is 5.46. The quantitative estimate of drug-likeness (QED) is 0.716. The fourth-order valence-corrected chi connectivity index (χ4v) is 3.04. The minimum Gasteiger partial charge on any atom is -0.319 e. The summed E-state index contributed by atoms with van der Waals surface area (Å²) in [6.07, 6.45) is 2.06. The molecule has 1 aliphatic heterocycles. The predicted molar refractivity (Wildman–Crippen MR) is 80.9 cm³/mol. The highest BCUT2D eigenvalue weighted by Crippen LogP contribution is 2.30. The fourth-order valence-electron chi connectivity index (χ4n) is 3.04. The molecule has 0 saturated heterocycles. The molecule has 2 nitrogen and oxygen atoms in total. The van der Waals surface area contributed by atoms with E-state index in [1.807, 2.05) is 24.3 Å². The average Bonchev–Trinajstić information content (AvgIpc) is 2.92. The van der Waals surface area contributed by atoms with Crippen molar-refractivity contribution in [1.29, 1.82) is 0 Å². The lowest BCUT2D eigenvalue weighted by molar-refractivity contribution is 0.586. The molecule has 0 bridgehead atoms. The molecular weight excluding hydrogens is 263 g/mol. The van der Waals surface area contributed by atoms with Crippen LogP contribution in [0.25, 0.3) is 5.69 Å². The molecule has 0 spiro atoms. The van der Waals surface area contributed by atoms with Crippen molar-refractivity contribution in [2.45, 2.75) is 12.6 Å². The topological polar surface area (TPSA) is 17.0 Å². The van der Waals surface area contributed by atoms with Crippen molar-refractivity contribution < 1.29 is 4.39 Å². The summed E-state index contributed by atoms with van der Waals surface area (Å²) in [6, 6.07) is 19.3. The van der Waals surface area contributed by atoms with Crippen molar-refractivity contribution in [2.24, 2.45) is 0 Å². The van der Waals surface area contributed by atoms with Gasteiger partial charge in [-0.2, -0.15) is 0 Å². The number of halogens is 1. The summed E-state index contributed by atoms with van der Waals surface area (Å²) in [5.74, 6) is -0.200. The molecule has 2 aromatic carbocycles. The van der Waals surface area contributed by atoms with E-state index in [0.717, 1.165) is 17.8 Å². The van der Waals surface area contributed by atoms with E-state index in [1.54, 1.807) is 12.1 Å². The Bertz CT molecular complexity index is 791. The van der Waals surface area contributed by atoms with Gasteiger partial charge in [0, 0.05) is 24.1 Å². The van der Waals surface area contributed by atoms with Gasteiger partial charge in [-0.25, -0.2) is 4.39 Å². The zero-order valence-electron chi connectivity index (χ0n) is 11.5. The van der Waals surface area contributed by atoms with E-state index in [2.05, 4.69) is 34.3 Å². The van der Waals surface area contributed by atoms with Gasteiger partial charge in [-0.05, 0) is 41.5 Å². The Morgan fingerprint density at radius 1 is 1.00 bits per heavy atom. The molecule has 0 radical (unpaired) electrons. The number of hydrogen-bond acceptors (Lipinski definition) is 1. The summed E-state index contributed by atoms with van der Waals surface area (Å²) in [6.45, 7) is 0.763. The normalized spacial score (nSPS) is 16.9. The second-order valence-corrected chi connectivity index (χ2v) is 5.30. The van der Waals surface area contributed by atoms with Crippen LogP contribution in [0, 0.1) is 5.82 Å². The van der Waals surface area contributed by atoms with Crippen molar-refractivity contribution >= 4 is 0 Å². The van der Waals surface area contributed by atoms with Crippen LogP contribution in [0.2, 0.25) is 0 Å². The molecule has 0 unspecified atom stereocenters. The van der Waals surface area contributed by atoms with Gasteiger partial charge in [0.25, 0.3) is 0 Å². The smallest absolute Gasteiger partial charge is 0.123 e. The number of para-hydroxylation sites is 1. The van der Waals surface area contributed by atoms with Gasteiger partial charge in [0.15, 0.2) is 0 Å². The van der Waals surface area contributed by atoms with E-state index in [9.17, 15) is 4.39 Å². The van der Waals surface area contributed by atoms with E-state index < -0.39 is 0 Å². The van der Waals surface area contributed by atoms with Crippen LogP contribution in [-0.4, -0.2) is 4.57 Å². The Hall–Kier alpha value is -2.39. The SMILES string of the molecule is Fc1cccc([C@H]2NCc3ccccc3-n3cccc32)c1. The number of hydrogen-bond donors (Lipinski definition) is 1. The van der Waals surface area contributed by atoms with Crippen LogP contribution in [0.4, 0.5) is 4.39 Å². The van der Waals surface area contributed by atoms with E-state index >= 15 is 0 Å². The summed E-state index contributed by atoms with van der Waals surface area (Å²) < 4.78 is 15.7. The van der Waals surface area contributed by atoms with Gasteiger partial charge in [-0.1, -0.05) is 30.3 Å². The number of nitrogens with one attached hydrogen (secondary N) is 1. The summed E-state index contributed by atoms with van der Waals surface area (Å²) in [7, 11) is 0. The second-order valence-electron chi connectivity index (χ2n) is 5.30. The van der Waals surface area contributed by atoms with Gasteiger partial charge in [-0.3, -0.25) is 0 Å². The molecule has 2 heterocycles. The highest BCUT2D eigenvalue weighted by Gasteiger charge is 2.22. The van der Waals surface area contributed by atoms with Gasteiger partial charge in [-0.15, -0.1) is 0 Å². The number of rotatable bonds is 1. The first kappa shape index (κ1) is 12.4. The Kier molecular flexibility index (Phi) is 2.86. The fraction of sp³-hybridized carbons (Fsp3) is 0.111. The van der Waals surface area contributed by atoms with Crippen LogP contribution in [-0.2, 0) is 6.54 Å². The highest BCUT2D eigenvalue weighted by atomic mass is 19.1. The summed E-state index contributed by atoms with van der Waals surface area (Å²) in [5.41, 5.74) is 4.51. The van der Waals surface area contributed by atoms with Crippen molar-refractivity contribution in [3.05, 3.63) is 89.5 Å². The molecule has 0 amide bonds. The van der Waals surface area contributed by atoms with Crippen LogP contribution in [0.5, 0.6) is 0 Å². The Morgan fingerprint density at radius 2 is 1.90 bits per heavy atom. The summed E-state index contributed by atoms with van der Waals surface area (Å²) in [4.78, 5) is 0. The maximum atomic E-state index is 13.6. The molecule has 3 heteroatoms. The third kappa shape index (κ3) is 2.06. The first-order valence-corrected chi connectivity index (χ1v) is 7.07. The molecule has 1 aliphatic rings. The van der Waals surface area contributed by atoms with Crippen molar-refractivity contribution in [2.75, 3.05) is 0 Å². The second kappa shape index (κ2) is 4.86. The maximum Gasteiger partial charge on any atom is 0.123 e. The number of fused-ring (bicyclic) bond motifs is 3. The molecule has 0 fully saturated rings. The number of aromatic nitrogens is 1. The third-order valence-corrected chi connectivity index (χ3v) is 4.01. The van der Waals surface area contributed by atoms with Crippen LogP contribution in [0.3, 0.4) is 0 Å². The number of nitrogens with zero attached hydrogens (tertiary/aromatic N) is 1. The average molecular weight is 278 g/mol. The van der Waals surface area contributed by atoms with Crippen LogP contribution < -0.4 is 5.32 Å². The van der Waals surface area contributed by atoms with Crippen molar-refractivity contribution in [1.82, 2.24) is 9.88 Å². The van der Waals surface area contributed by atoms with E-state index in [4.69, 9.17) is 0 Å². The zero-order chi connectivity index (χ0) is 14.2. The van der Waals surface area contributed by atoms with Crippen molar-refractivity contribution in [3.8, 4) is 5.69 Å². The maximum absolute atomic E-state index is 13.6. The Labute approximate surface area is 122 Å². The van der Waals surface area contributed by atoms with Crippen LogP contribution in [0.1, 0.15) is 22.9 Å². The Morgan fingerprint density at radius 3 is 2.81 bits per heavy atom. The minimum atomic E-state index is -0.200.